The van der Waals surface area contributed by atoms with E-state index in [1.807, 2.05) is 19.1 Å². The molecule has 1 N–H and O–H groups in total. The van der Waals surface area contributed by atoms with Crippen LogP contribution in [0.1, 0.15) is 19.4 Å². The Morgan fingerprint density at radius 1 is 1.27 bits per heavy atom. The first-order valence-electron chi connectivity index (χ1n) is 9.19. The van der Waals surface area contributed by atoms with Gasteiger partial charge in [0.1, 0.15) is 6.10 Å². The molecule has 6 nitrogen and oxygen atoms in total. The van der Waals surface area contributed by atoms with E-state index in [4.69, 9.17) is 9.47 Å². The first-order chi connectivity index (χ1) is 12.5. The molecule has 1 aliphatic rings. The number of nitrogens with one attached hydrogen (secondary N) is 1. The number of carbonyl (C=O) groups excluding carboxylic acids is 1. The number of anilines is 1. The molecule has 1 atom stereocenters. The normalized spacial score (nSPS) is 17.2. The Labute approximate surface area is 164 Å². The zero-order valence-electron chi connectivity index (χ0n) is 16.0. The Kier molecular flexibility index (Phi) is 9.01. The van der Waals surface area contributed by atoms with Gasteiger partial charge in [0.05, 0.1) is 13.2 Å². The molecule has 1 saturated heterocycles. The van der Waals surface area contributed by atoms with Crippen molar-refractivity contribution in [2.75, 3.05) is 58.4 Å². The molecule has 1 aromatic rings. The van der Waals surface area contributed by atoms with E-state index >= 15 is 0 Å². The highest BCUT2D eigenvalue weighted by Crippen LogP contribution is 2.23. The largest absolute Gasteiger partial charge is 0.379 e. The lowest BCUT2D eigenvalue weighted by Gasteiger charge is -2.32. The molecule has 1 fully saturated rings. The lowest BCUT2D eigenvalue weighted by molar-refractivity contribution is -0.127. The first-order valence-corrected chi connectivity index (χ1v) is 9.98. The summed E-state index contributed by atoms with van der Waals surface area (Å²) in [5.41, 5.74) is 2.00. The van der Waals surface area contributed by atoms with Crippen LogP contribution in [-0.2, 0) is 20.8 Å². The van der Waals surface area contributed by atoms with E-state index in [1.54, 1.807) is 6.92 Å². The Bertz CT molecular complexity index is 577. The molecular formula is C19H30BrN3O3. The van der Waals surface area contributed by atoms with Crippen LogP contribution in [0.2, 0.25) is 0 Å². The Balaban J connectivity index is 1.83. The van der Waals surface area contributed by atoms with Crippen LogP contribution in [-0.4, -0.2) is 74.9 Å². The number of hydrogen-bond donors (Lipinski definition) is 1. The SMILES string of the molecule is CCOCCO[C@H](C)C(=O)Nc1ccc(CN2CCN(C)CC2)c(Br)c1. The molecule has 0 radical (unpaired) electrons. The molecule has 146 valence electrons. The molecule has 1 heterocycles. The number of nitrogens with zero attached hydrogens (tertiary/aromatic N) is 2. The minimum atomic E-state index is -0.515. The Hall–Kier alpha value is -0.990. The molecular weight excluding hydrogens is 398 g/mol. The van der Waals surface area contributed by atoms with Gasteiger partial charge < -0.3 is 19.7 Å². The van der Waals surface area contributed by atoms with Crippen molar-refractivity contribution >= 4 is 27.5 Å². The van der Waals surface area contributed by atoms with Gasteiger partial charge in [-0.05, 0) is 38.6 Å². The third kappa shape index (κ3) is 6.96. The van der Waals surface area contributed by atoms with Crippen molar-refractivity contribution in [1.82, 2.24) is 9.80 Å². The second-order valence-electron chi connectivity index (χ2n) is 6.58. The van der Waals surface area contributed by atoms with Gasteiger partial charge in [0.25, 0.3) is 5.91 Å². The van der Waals surface area contributed by atoms with Crippen LogP contribution in [0.5, 0.6) is 0 Å². The molecule has 2 rings (SSSR count). The van der Waals surface area contributed by atoms with Crippen LogP contribution in [0.4, 0.5) is 5.69 Å². The van der Waals surface area contributed by atoms with E-state index in [2.05, 4.69) is 44.2 Å². The van der Waals surface area contributed by atoms with Crippen molar-refractivity contribution in [2.24, 2.45) is 0 Å². The third-order valence-corrected chi connectivity index (χ3v) is 5.22. The fourth-order valence-electron chi connectivity index (χ4n) is 2.75. The van der Waals surface area contributed by atoms with Crippen molar-refractivity contribution in [1.29, 1.82) is 0 Å². The second-order valence-corrected chi connectivity index (χ2v) is 7.44. The second kappa shape index (κ2) is 11.0. The molecule has 0 aromatic heterocycles. The van der Waals surface area contributed by atoms with Crippen LogP contribution in [0, 0.1) is 0 Å². The fraction of sp³-hybridized carbons (Fsp3) is 0.632. The quantitative estimate of drug-likeness (QED) is 0.613. The summed E-state index contributed by atoms with van der Waals surface area (Å²) in [4.78, 5) is 17.0. The van der Waals surface area contributed by atoms with Gasteiger partial charge in [0, 0.05) is 49.5 Å². The number of hydrogen-bond acceptors (Lipinski definition) is 5. The Morgan fingerprint density at radius 3 is 2.65 bits per heavy atom. The zero-order chi connectivity index (χ0) is 18.9. The number of halogens is 1. The van der Waals surface area contributed by atoms with Gasteiger partial charge in [0.2, 0.25) is 0 Å². The van der Waals surface area contributed by atoms with Crippen molar-refractivity contribution in [2.45, 2.75) is 26.5 Å². The summed E-state index contributed by atoms with van der Waals surface area (Å²) < 4.78 is 11.7. The van der Waals surface area contributed by atoms with Crippen LogP contribution >= 0.6 is 15.9 Å². The molecule has 7 heteroatoms. The summed E-state index contributed by atoms with van der Waals surface area (Å²) in [6.07, 6.45) is -0.515. The summed E-state index contributed by atoms with van der Waals surface area (Å²) in [7, 11) is 2.16. The summed E-state index contributed by atoms with van der Waals surface area (Å²) in [6, 6.07) is 5.97. The van der Waals surface area contributed by atoms with E-state index in [9.17, 15) is 4.79 Å². The third-order valence-electron chi connectivity index (χ3n) is 4.48. The number of carbonyl (C=O) groups is 1. The number of ether oxygens (including phenoxy) is 2. The van der Waals surface area contributed by atoms with Crippen LogP contribution in [0.25, 0.3) is 0 Å². The van der Waals surface area contributed by atoms with Crippen LogP contribution in [0.15, 0.2) is 22.7 Å². The average Bonchev–Trinajstić information content (AvgIpc) is 2.62. The highest BCUT2D eigenvalue weighted by Gasteiger charge is 2.16. The van der Waals surface area contributed by atoms with Gasteiger partial charge in [-0.15, -0.1) is 0 Å². The summed E-state index contributed by atoms with van der Waals surface area (Å²) >= 11 is 3.64. The lowest BCUT2D eigenvalue weighted by Crippen LogP contribution is -2.43. The zero-order valence-corrected chi connectivity index (χ0v) is 17.5. The Morgan fingerprint density at radius 2 is 2.00 bits per heavy atom. The van der Waals surface area contributed by atoms with Gasteiger partial charge >= 0.3 is 0 Å². The summed E-state index contributed by atoms with van der Waals surface area (Å²) in [6.45, 7) is 10.5. The van der Waals surface area contributed by atoms with Crippen molar-refractivity contribution in [3.63, 3.8) is 0 Å². The first kappa shape index (κ1) is 21.3. The minimum Gasteiger partial charge on any atom is -0.379 e. The molecule has 0 unspecified atom stereocenters. The van der Waals surface area contributed by atoms with E-state index in [-0.39, 0.29) is 5.91 Å². The van der Waals surface area contributed by atoms with E-state index in [1.165, 1.54) is 5.56 Å². The number of rotatable bonds is 9. The highest BCUT2D eigenvalue weighted by molar-refractivity contribution is 9.10. The van der Waals surface area contributed by atoms with Crippen molar-refractivity contribution in [3.05, 3.63) is 28.2 Å². The molecule has 1 aliphatic heterocycles. The summed E-state index contributed by atoms with van der Waals surface area (Å²) in [5, 5.41) is 2.91. The smallest absolute Gasteiger partial charge is 0.253 e. The number of benzene rings is 1. The van der Waals surface area contributed by atoms with Gasteiger partial charge in [-0.2, -0.15) is 0 Å². The predicted octanol–water partition coefficient (Wildman–Crippen LogP) is 2.58. The maximum Gasteiger partial charge on any atom is 0.253 e. The van der Waals surface area contributed by atoms with Gasteiger partial charge in [-0.25, -0.2) is 0 Å². The van der Waals surface area contributed by atoms with Crippen molar-refractivity contribution in [3.8, 4) is 0 Å². The molecule has 0 spiro atoms. The average molecular weight is 428 g/mol. The lowest BCUT2D eigenvalue weighted by atomic mass is 10.1. The van der Waals surface area contributed by atoms with Gasteiger partial charge in [-0.3, -0.25) is 9.69 Å². The highest BCUT2D eigenvalue weighted by atomic mass is 79.9. The molecule has 0 saturated carbocycles. The van der Waals surface area contributed by atoms with Gasteiger partial charge in [0.15, 0.2) is 0 Å². The maximum atomic E-state index is 12.2. The van der Waals surface area contributed by atoms with E-state index < -0.39 is 6.10 Å². The van der Waals surface area contributed by atoms with Crippen LogP contribution < -0.4 is 5.32 Å². The molecule has 0 bridgehead atoms. The number of amides is 1. The fourth-order valence-corrected chi connectivity index (χ4v) is 3.25. The minimum absolute atomic E-state index is 0.153. The molecule has 0 aliphatic carbocycles. The maximum absolute atomic E-state index is 12.2. The van der Waals surface area contributed by atoms with Crippen LogP contribution in [0.3, 0.4) is 0 Å². The summed E-state index contributed by atoms with van der Waals surface area (Å²) in [5.74, 6) is -0.153. The van der Waals surface area contributed by atoms with E-state index in [0.717, 1.165) is 42.9 Å². The van der Waals surface area contributed by atoms with E-state index in [0.29, 0.717) is 19.8 Å². The number of piperazine rings is 1. The predicted molar refractivity (Wildman–Crippen MR) is 107 cm³/mol. The monoisotopic (exact) mass is 427 g/mol. The number of likely N-dealkylation sites (N-methyl/N-ethyl adjacent to an activating group) is 1. The molecule has 1 amide bonds. The topological polar surface area (TPSA) is 54.0 Å². The molecule has 1 aromatic carbocycles. The van der Waals surface area contributed by atoms with Gasteiger partial charge in [-0.1, -0.05) is 22.0 Å². The molecule has 26 heavy (non-hydrogen) atoms. The standard InChI is InChI=1S/C19H30BrN3O3/c1-4-25-11-12-26-15(2)19(24)21-17-6-5-16(18(20)13-17)14-23-9-7-22(3)8-10-23/h5-6,13,15H,4,7-12,14H2,1-3H3,(H,21,24)/t15-/m1/s1. The van der Waals surface area contributed by atoms with Crippen molar-refractivity contribution < 1.29 is 14.3 Å².